The number of methoxy groups -OCH3 is 1. The third kappa shape index (κ3) is 3.38. The van der Waals surface area contributed by atoms with Crippen molar-refractivity contribution in [2.45, 2.75) is 18.9 Å². The Morgan fingerprint density at radius 1 is 1.42 bits per heavy atom. The van der Waals surface area contributed by atoms with Gasteiger partial charge >= 0.3 is 0 Å². The van der Waals surface area contributed by atoms with Gasteiger partial charge in [0.15, 0.2) is 0 Å². The molecular formula is C14H21N3O2. The van der Waals surface area contributed by atoms with Crippen LogP contribution in [0.5, 0.6) is 5.75 Å². The molecule has 2 rings (SSSR count). The van der Waals surface area contributed by atoms with Crippen LogP contribution >= 0.6 is 0 Å². The van der Waals surface area contributed by atoms with E-state index in [9.17, 15) is 4.79 Å². The van der Waals surface area contributed by atoms with Crippen LogP contribution in [0.4, 0.5) is 5.69 Å². The zero-order chi connectivity index (χ0) is 13.7. The second-order valence-corrected chi connectivity index (χ2v) is 4.70. The van der Waals surface area contributed by atoms with Crippen LogP contribution in [0, 0.1) is 0 Å². The summed E-state index contributed by atoms with van der Waals surface area (Å²) in [5.41, 5.74) is 6.43. The lowest BCUT2D eigenvalue weighted by Gasteiger charge is -2.34. The minimum absolute atomic E-state index is 0.0622. The second kappa shape index (κ2) is 6.43. The number of hydrogen-bond acceptors (Lipinski definition) is 4. The van der Waals surface area contributed by atoms with Gasteiger partial charge in [0, 0.05) is 19.1 Å². The first-order valence-electron chi connectivity index (χ1n) is 6.62. The average Bonchev–Trinajstić information content (AvgIpc) is 2.48. The fourth-order valence-electron chi connectivity index (χ4n) is 2.44. The molecule has 0 saturated carbocycles. The number of carbonyl (C=O) groups excluding carboxylic acids is 1. The first-order valence-corrected chi connectivity index (χ1v) is 6.62. The van der Waals surface area contributed by atoms with Crippen molar-refractivity contribution in [3.63, 3.8) is 0 Å². The quantitative estimate of drug-likeness (QED) is 0.841. The van der Waals surface area contributed by atoms with Gasteiger partial charge in [0.1, 0.15) is 5.75 Å². The highest BCUT2D eigenvalue weighted by molar-refractivity contribution is 5.78. The first kappa shape index (κ1) is 13.7. The summed E-state index contributed by atoms with van der Waals surface area (Å²) in [6.07, 6.45) is 1.87. The van der Waals surface area contributed by atoms with E-state index in [0.717, 1.165) is 37.4 Å². The zero-order valence-corrected chi connectivity index (χ0v) is 11.3. The maximum Gasteiger partial charge on any atom is 0.233 e. The molecule has 104 valence electrons. The minimum Gasteiger partial charge on any atom is -0.495 e. The van der Waals surface area contributed by atoms with Gasteiger partial charge < -0.3 is 20.7 Å². The van der Waals surface area contributed by atoms with E-state index in [2.05, 4.69) is 16.3 Å². The summed E-state index contributed by atoms with van der Waals surface area (Å²) in [5.74, 6) is 0.822. The molecule has 5 nitrogen and oxygen atoms in total. The van der Waals surface area contributed by atoms with Gasteiger partial charge in [-0.2, -0.15) is 0 Å². The lowest BCUT2D eigenvalue weighted by atomic mass is 10.0. The van der Waals surface area contributed by atoms with Crippen molar-refractivity contribution in [1.82, 2.24) is 5.32 Å². The molecule has 1 aliphatic heterocycles. The average molecular weight is 263 g/mol. The number of ether oxygens (including phenoxy) is 1. The van der Waals surface area contributed by atoms with Crippen molar-refractivity contribution in [1.29, 1.82) is 0 Å². The van der Waals surface area contributed by atoms with Gasteiger partial charge in [-0.05, 0) is 25.0 Å². The zero-order valence-electron chi connectivity index (χ0n) is 11.3. The smallest absolute Gasteiger partial charge is 0.233 e. The molecule has 1 aromatic carbocycles. The Bertz CT molecular complexity index is 428. The molecule has 0 radical (unpaired) electrons. The summed E-state index contributed by atoms with van der Waals surface area (Å²) in [6.45, 7) is 1.89. The summed E-state index contributed by atoms with van der Waals surface area (Å²) in [6, 6.07) is 8.26. The predicted molar refractivity (Wildman–Crippen MR) is 75.4 cm³/mol. The lowest BCUT2D eigenvalue weighted by molar-refractivity contribution is -0.120. The van der Waals surface area contributed by atoms with Crippen molar-refractivity contribution in [3.8, 4) is 5.75 Å². The maximum absolute atomic E-state index is 11.3. The van der Waals surface area contributed by atoms with E-state index in [1.165, 1.54) is 0 Å². The Labute approximate surface area is 113 Å². The number of amides is 1. The number of nitrogens with one attached hydrogen (secondary N) is 1. The SMILES string of the molecule is COc1ccccc1N1CCC(NC(=O)CN)CC1. The van der Waals surface area contributed by atoms with Gasteiger partial charge in [0.25, 0.3) is 0 Å². The Hall–Kier alpha value is -1.75. The third-order valence-corrected chi connectivity index (χ3v) is 3.47. The molecule has 19 heavy (non-hydrogen) atoms. The highest BCUT2D eigenvalue weighted by Gasteiger charge is 2.21. The van der Waals surface area contributed by atoms with Gasteiger partial charge in [0.05, 0.1) is 19.3 Å². The number of hydrogen-bond donors (Lipinski definition) is 2. The molecule has 0 spiro atoms. The van der Waals surface area contributed by atoms with Crippen molar-refractivity contribution >= 4 is 11.6 Å². The standard InChI is InChI=1S/C14H21N3O2/c1-19-13-5-3-2-4-12(13)17-8-6-11(7-9-17)16-14(18)10-15/h2-5,11H,6-10,15H2,1H3,(H,16,18). The number of rotatable bonds is 4. The minimum atomic E-state index is -0.0734. The summed E-state index contributed by atoms with van der Waals surface area (Å²) >= 11 is 0. The number of anilines is 1. The Balaban J connectivity index is 1.94. The van der Waals surface area contributed by atoms with E-state index >= 15 is 0 Å². The van der Waals surface area contributed by atoms with E-state index in [0.29, 0.717) is 0 Å². The molecule has 3 N–H and O–H groups in total. The molecular weight excluding hydrogens is 242 g/mol. The Kier molecular flexibility index (Phi) is 4.63. The van der Waals surface area contributed by atoms with Crippen LogP contribution in [-0.4, -0.2) is 38.7 Å². The lowest BCUT2D eigenvalue weighted by Crippen LogP contribution is -2.46. The van der Waals surface area contributed by atoms with Gasteiger partial charge in [-0.1, -0.05) is 12.1 Å². The molecule has 0 aliphatic carbocycles. The van der Waals surface area contributed by atoms with Crippen LogP contribution in [0.3, 0.4) is 0 Å². The first-order chi connectivity index (χ1) is 9.24. The van der Waals surface area contributed by atoms with Crippen LogP contribution in [0.2, 0.25) is 0 Å². The highest BCUT2D eigenvalue weighted by Crippen LogP contribution is 2.29. The van der Waals surface area contributed by atoms with Gasteiger partial charge in [-0.25, -0.2) is 0 Å². The normalized spacial score (nSPS) is 16.2. The number of para-hydroxylation sites is 2. The fourth-order valence-corrected chi connectivity index (χ4v) is 2.44. The molecule has 1 amide bonds. The summed E-state index contributed by atoms with van der Waals surface area (Å²) < 4.78 is 5.38. The molecule has 1 aromatic rings. The Morgan fingerprint density at radius 3 is 2.74 bits per heavy atom. The summed E-state index contributed by atoms with van der Waals surface area (Å²) in [5, 5.41) is 2.95. The van der Waals surface area contributed by atoms with E-state index in [-0.39, 0.29) is 18.5 Å². The van der Waals surface area contributed by atoms with Crippen molar-refractivity contribution < 1.29 is 9.53 Å². The van der Waals surface area contributed by atoms with Crippen molar-refractivity contribution in [2.75, 3.05) is 31.6 Å². The summed E-state index contributed by atoms with van der Waals surface area (Å²) in [4.78, 5) is 13.6. The molecule has 1 aliphatic rings. The molecule has 1 fully saturated rings. The third-order valence-electron chi connectivity index (χ3n) is 3.47. The summed E-state index contributed by atoms with van der Waals surface area (Å²) in [7, 11) is 1.69. The van der Waals surface area contributed by atoms with Crippen molar-refractivity contribution in [2.24, 2.45) is 5.73 Å². The van der Waals surface area contributed by atoms with Gasteiger partial charge in [0.2, 0.25) is 5.91 Å². The monoisotopic (exact) mass is 263 g/mol. The van der Waals surface area contributed by atoms with Crippen LogP contribution in [-0.2, 0) is 4.79 Å². The molecule has 0 unspecified atom stereocenters. The van der Waals surface area contributed by atoms with Crippen LogP contribution in [0.25, 0.3) is 0 Å². The van der Waals surface area contributed by atoms with E-state index < -0.39 is 0 Å². The Morgan fingerprint density at radius 2 is 2.11 bits per heavy atom. The molecule has 0 bridgehead atoms. The number of nitrogens with two attached hydrogens (primary N) is 1. The van der Waals surface area contributed by atoms with Crippen LogP contribution in [0.15, 0.2) is 24.3 Å². The largest absolute Gasteiger partial charge is 0.495 e. The highest BCUT2D eigenvalue weighted by atomic mass is 16.5. The number of carbonyl (C=O) groups is 1. The molecule has 1 saturated heterocycles. The molecule has 5 heteroatoms. The van der Waals surface area contributed by atoms with Crippen LogP contribution in [0.1, 0.15) is 12.8 Å². The molecule has 0 atom stereocenters. The number of piperidine rings is 1. The second-order valence-electron chi connectivity index (χ2n) is 4.70. The van der Waals surface area contributed by atoms with E-state index in [1.54, 1.807) is 7.11 Å². The van der Waals surface area contributed by atoms with E-state index in [1.807, 2.05) is 18.2 Å². The van der Waals surface area contributed by atoms with E-state index in [4.69, 9.17) is 10.5 Å². The molecule has 1 heterocycles. The number of benzene rings is 1. The fraction of sp³-hybridized carbons (Fsp3) is 0.500. The number of nitrogens with zero attached hydrogens (tertiary/aromatic N) is 1. The maximum atomic E-state index is 11.3. The predicted octanol–water partition coefficient (Wildman–Crippen LogP) is 0.739. The van der Waals surface area contributed by atoms with Gasteiger partial charge in [-0.15, -0.1) is 0 Å². The topological polar surface area (TPSA) is 67.6 Å². The molecule has 0 aromatic heterocycles. The van der Waals surface area contributed by atoms with Gasteiger partial charge in [-0.3, -0.25) is 4.79 Å². The van der Waals surface area contributed by atoms with Crippen LogP contribution < -0.4 is 20.7 Å². The van der Waals surface area contributed by atoms with Crippen molar-refractivity contribution in [3.05, 3.63) is 24.3 Å².